The van der Waals surface area contributed by atoms with Crippen LogP contribution in [0.2, 0.25) is 5.02 Å². The van der Waals surface area contributed by atoms with Gasteiger partial charge in [-0.3, -0.25) is 4.90 Å². The molecule has 5 nitrogen and oxygen atoms in total. The molecule has 1 N–H and O–H groups in total. The Balaban J connectivity index is 1.79. The zero-order valence-corrected chi connectivity index (χ0v) is 12.9. The minimum absolute atomic E-state index is 0.215. The lowest BCUT2D eigenvalue weighted by atomic mass is 9.97. The van der Waals surface area contributed by atoms with Gasteiger partial charge in [-0.25, -0.2) is 4.98 Å². The maximum Gasteiger partial charge on any atom is 0.401 e. The molecule has 9 heteroatoms. The predicted octanol–water partition coefficient (Wildman–Crippen LogP) is 2.82. The van der Waals surface area contributed by atoms with E-state index in [1.165, 1.54) is 18.2 Å². The molecule has 0 atom stereocenters. The van der Waals surface area contributed by atoms with Gasteiger partial charge in [0.1, 0.15) is 5.02 Å². The summed E-state index contributed by atoms with van der Waals surface area (Å²) in [7, 11) is 1.46. The quantitative estimate of drug-likeness (QED) is 0.894. The lowest BCUT2D eigenvalue weighted by Gasteiger charge is -2.32. The molecular weight excluding hydrogens is 321 g/mol. The number of alkyl halides is 3. The van der Waals surface area contributed by atoms with Gasteiger partial charge in [0.15, 0.2) is 5.82 Å². The van der Waals surface area contributed by atoms with Gasteiger partial charge >= 0.3 is 12.2 Å². The van der Waals surface area contributed by atoms with Crippen LogP contribution in [0.1, 0.15) is 12.8 Å². The van der Waals surface area contributed by atoms with Crippen LogP contribution in [0.5, 0.6) is 6.01 Å². The zero-order valence-electron chi connectivity index (χ0n) is 12.2. The Kier molecular flexibility index (Phi) is 5.69. The largest absolute Gasteiger partial charge is 0.467 e. The van der Waals surface area contributed by atoms with Crippen molar-refractivity contribution in [3.05, 3.63) is 11.2 Å². The molecule has 1 saturated heterocycles. The third-order valence-electron chi connectivity index (χ3n) is 3.57. The topological polar surface area (TPSA) is 50.3 Å². The fourth-order valence-electron chi connectivity index (χ4n) is 2.42. The highest BCUT2D eigenvalue weighted by atomic mass is 35.5. The first-order chi connectivity index (χ1) is 10.4. The summed E-state index contributed by atoms with van der Waals surface area (Å²) in [4.78, 5) is 9.42. The summed E-state index contributed by atoms with van der Waals surface area (Å²) in [5, 5.41) is 3.50. The number of nitrogens with zero attached hydrogens (tertiary/aromatic N) is 3. The van der Waals surface area contributed by atoms with Crippen molar-refractivity contribution in [2.75, 3.05) is 38.6 Å². The normalized spacial score (nSPS) is 17.5. The summed E-state index contributed by atoms with van der Waals surface area (Å²) in [6.07, 6.45) is -1.26. The van der Waals surface area contributed by atoms with E-state index in [2.05, 4.69) is 15.3 Å². The van der Waals surface area contributed by atoms with Crippen LogP contribution in [0.15, 0.2) is 6.20 Å². The Morgan fingerprint density at radius 3 is 2.68 bits per heavy atom. The van der Waals surface area contributed by atoms with Crippen molar-refractivity contribution in [3.8, 4) is 6.01 Å². The smallest absolute Gasteiger partial charge is 0.401 e. The number of hydrogen-bond donors (Lipinski definition) is 1. The first-order valence-corrected chi connectivity index (χ1v) is 7.34. The summed E-state index contributed by atoms with van der Waals surface area (Å²) in [6.45, 7) is 0.682. The molecular formula is C13H18ClF3N4O. The Labute approximate surface area is 131 Å². The van der Waals surface area contributed by atoms with E-state index in [-0.39, 0.29) is 6.01 Å². The predicted molar refractivity (Wildman–Crippen MR) is 77.3 cm³/mol. The van der Waals surface area contributed by atoms with Gasteiger partial charge in [0.05, 0.1) is 19.9 Å². The van der Waals surface area contributed by atoms with E-state index in [9.17, 15) is 13.2 Å². The summed E-state index contributed by atoms with van der Waals surface area (Å²) in [6, 6.07) is 0.215. The average molecular weight is 339 g/mol. The van der Waals surface area contributed by atoms with E-state index in [1.54, 1.807) is 0 Å². The number of methoxy groups -OCH3 is 1. The summed E-state index contributed by atoms with van der Waals surface area (Å²) >= 11 is 5.99. The second-order valence-electron chi connectivity index (χ2n) is 5.27. The average Bonchev–Trinajstić information content (AvgIpc) is 2.46. The molecule has 1 fully saturated rings. The number of aromatic nitrogens is 2. The Morgan fingerprint density at radius 1 is 1.41 bits per heavy atom. The minimum atomic E-state index is -4.13. The van der Waals surface area contributed by atoms with Gasteiger partial charge in [0.2, 0.25) is 0 Å². The van der Waals surface area contributed by atoms with Crippen LogP contribution in [-0.4, -0.2) is 54.3 Å². The highest BCUT2D eigenvalue weighted by Crippen LogP contribution is 2.24. The van der Waals surface area contributed by atoms with E-state index in [1.807, 2.05) is 0 Å². The van der Waals surface area contributed by atoms with Crippen LogP contribution in [0, 0.1) is 5.92 Å². The summed E-state index contributed by atoms with van der Waals surface area (Å²) in [5.74, 6) is 0.771. The molecule has 0 unspecified atom stereocenters. The molecule has 1 aliphatic rings. The Hall–Kier alpha value is -1.28. The standard InChI is InChI=1S/C13H18ClF3N4O/c1-22-12-19-7-10(14)11(20-12)18-6-9-2-4-21(5-3-9)8-13(15,16)17/h7,9H,2-6,8H2,1H3,(H,18,19,20). The first-order valence-electron chi connectivity index (χ1n) is 6.97. The van der Waals surface area contributed by atoms with Crippen molar-refractivity contribution in [1.29, 1.82) is 0 Å². The van der Waals surface area contributed by atoms with Crippen LogP contribution in [0.4, 0.5) is 19.0 Å². The monoisotopic (exact) mass is 338 g/mol. The Bertz CT molecular complexity index is 493. The number of piperidine rings is 1. The molecule has 0 amide bonds. The minimum Gasteiger partial charge on any atom is -0.467 e. The van der Waals surface area contributed by atoms with Gasteiger partial charge in [-0.2, -0.15) is 18.2 Å². The summed E-state index contributed by atoms with van der Waals surface area (Å²) < 4.78 is 41.9. The number of likely N-dealkylation sites (tertiary alicyclic amines) is 1. The van der Waals surface area contributed by atoms with Crippen molar-refractivity contribution in [2.45, 2.75) is 19.0 Å². The molecule has 124 valence electrons. The third-order valence-corrected chi connectivity index (χ3v) is 3.85. The van der Waals surface area contributed by atoms with Crippen molar-refractivity contribution in [3.63, 3.8) is 0 Å². The Morgan fingerprint density at radius 2 is 2.09 bits per heavy atom. The molecule has 1 aliphatic heterocycles. The second kappa shape index (κ2) is 7.32. The number of ether oxygens (including phenoxy) is 1. The van der Waals surface area contributed by atoms with Gasteiger partial charge in [0, 0.05) is 6.54 Å². The number of halogens is 4. The molecule has 1 aromatic heterocycles. The van der Waals surface area contributed by atoms with Gasteiger partial charge in [0.25, 0.3) is 0 Å². The van der Waals surface area contributed by atoms with E-state index in [0.29, 0.717) is 49.2 Å². The molecule has 22 heavy (non-hydrogen) atoms. The highest BCUT2D eigenvalue weighted by molar-refractivity contribution is 6.32. The van der Waals surface area contributed by atoms with E-state index in [4.69, 9.17) is 16.3 Å². The van der Waals surface area contributed by atoms with Crippen molar-refractivity contribution in [2.24, 2.45) is 5.92 Å². The maximum absolute atomic E-state index is 12.3. The molecule has 2 rings (SSSR count). The molecule has 0 aliphatic carbocycles. The molecule has 0 aromatic carbocycles. The van der Waals surface area contributed by atoms with Crippen LogP contribution in [-0.2, 0) is 0 Å². The fraction of sp³-hybridized carbons (Fsp3) is 0.692. The van der Waals surface area contributed by atoms with Gasteiger partial charge in [-0.1, -0.05) is 11.6 Å². The first kappa shape index (κ1) is 17.1. The van der Waals surface area contributed by atoms with Crippen LogP contribution in [0.25, 0.3) is 0 Å². The van der Waals surface area contributed by atoms with Crippen LogP contribution < -0.4 is 10.1 Å². The number of hydrogen-bond acceptors (Lipinski definition) is 5. The molecule has 0 spiro atoms. The van der Waals surface area contributed by atoms with Gasteiger partial charge in [-0.05, 0) is 31.8 Å². The van der Waals surface area contributed by atoms with Gasteiger partial charge < -0.3 is 10.1 Å². The third kappa shape index (κ3) is 5.17. The van der Waals surface area contributed by atoms with Crippen molar-refractivity contribution < 1.29 is 17.9 Å². The second-order valence-corrected chi connectivity index (χ2v) is 5.68. The van der Waals surface area contributed by atoms with E-state index < -0.39 is 12.7 Å². The zero-order chi connectivity index (χ0) is 16.2. The summed E-state index contributed by atoms with van der Waals surface area (Å²) in [5.41, 5.74) is 0. The number of anilines is 1. The highest BCUT2D eigenvalue weighted by Gasteiger charge is 2.32. The van der Waals surface area contributed by atoms with E-state index >= 15 is 0 Å². The lowest BCUT2D eigenvalue weighted by Crippen LogP contribution is -2.41. The SMILES string of the molecule is COc1ncc(Cl)c(NCC2CCN(CC(F)(F)F)CC2)n1. The molecule has 0 radical (unpaired) electrons. The van der Waals surface area contributed by atoms with Gasteiger partial charge in [-0.15, -0.1) is 0 Å². The lowest BCUT2D eigenvalue weighted by molar-refractivity contribution is -0.148. The molecule has 0 saturated carbocycles. The number of rotatable bonds is 5. The molecule has 1 aromatic rings. The maximum atomic E-state index is 12.3. The van der Waals surface area contributed by atoms with Crippen LogP contribution >= 0.6 is 11.6 Å². The van der Waals surface area contributed by atoms with E-state index in [0.717, 1.165) is 0 Å². The van der Waals surface area contributed by atoms with Crippen molar-refractivity contribution >= 4 is 17.4 Å². The fourth-order valence-corrected chi connectivity index (χ4v) is 2.57. The number of nitrogens with one attached hydrogen (secondary N) is 1. The molecule has 2 heterocycles. The molecule has 0 bridgehead atoms. The van der Waals surface area contributed by atoms with Crippen LogP contribution in [0.3, 0.4) is 0 Å². The van der Waals surface area contributed by atoms with Crippen molar-refractivity contribution in [1.82, 2.24) is 14.9 Å².